The van der Waals surface area contributed by atoms with E-state index in [-0.39, 0.29) is 0 Å². The molecule has 0 fully saturated rings. The monoisotopic (exact) mass is 151 g/mol. The molecule has 1 atom stereocenters. The summed E-state index contributed by atoms with van der Waals surface area (Å²) in [7, 11) is 0. The van der Waals surface area contributed by atoms with Crippen LogP contribution in [0.5, 0.6) is 0 Å². The van der Waals surface area contributed by atoms with Crippen molar-refractivity contribution in [2.75, 3.05) is 0 Å². The molecule has 1 rings (SSSR count). The lowest BCUT2D eigenvalue weighted by atomic mass is 10.1. The van der Waals surface area contributed by atoms with Gasteiger partial charge in [-0.05, 0) is 11.6 Å². The number of hydrogen-bond donors (Lipinski definition) is 2. The molecule has 0 radical (unpaired) electrons. The molecule has 1 amide bonds. The van der Waals surface area contributed by atoms with Crippen LogP contribution in [-0.2, 0) is 4.79 Å². The Morgan fingerprint density at radius 1 is 1.64 bits per heavy atom. The van der Waals surface area contributed by atoms with Crippen LogP contribution in [0.4, 0.5) is 0 Å². The smallest absolute Gasteiger partial charge is 0.238 e. The Morgan fingerprint density at radius 3 is 2.82 bits per heavy atom. The Hall–Kier alpha value is -1.42. The van der Waals surface area contributed by atoms with Crippen molar-refractivity contribution < 1.29 is 4.79 Å². The minimum absolute atomic E-state index is 0.544. The van der Waals surface area contributed by atoms with Crippen LogP contribution < -0.4 is 11.5 Å². The fraction of sp³-hybridized carbons (Fsp3) is 0.143. The number of rotatable bonds is 2. The van der Waals surface area contributed by atoms with Gasteiger partial charge in [-0.2, -0.15) is 0 Å². The van der Waals surface area contributed by atoms with Crippen molar-refractivity contribution >= 4 is 5.91 Å². The maximum Gasteiger partial charge on any atom is 0.238 e. The van der Waals surface area contributed by atoms with Crippen LogP contribution in [-0.4, -0.2) is 10.9 Å². The zero-order chi connectivity index (χ0) is 8.27. The summed E-state index contributed by atoms with van der Waals surface area (Å²) in [6.07, 6.45) is 3.13. The Morgan fingerprint density at radius 2 is 2.36 bits per heavy atom. The molecular formula is C7H9N3O. The van der Waals surface area contributed by atoms with E-state index in [0.29, 0.717) is 5.56 Å². The molecule has 0 bridgehead atoms. The molecule has 0 saturated heterocycles. The normalized spacial score (nSPS) is 12.5. The van der Waals surface area contributed by atoms with Crippen molar-refractivity contribution in [2.24, 2.45) is 11.5 Å². The number of hydrogen-bond acceptors (Lipinski definition) is 3. The summed E-state index contributed by atoms with van der Waals surface area (Å²) in [4.78, 5) is 14.4. The molecule has 0 aliphatic rings. The van der Waals surface area contributed by atoms with Gasteiger partial charge in [0.25, 0.3) is 0 Å². The molecule has 0 spiro atoms. The molecule has 11 heavy (non-hydrogen) atoms. The van der Waals surface area contributed by atoms with Crippen molar-refractivity contribution in [3.8, 4) is 0 Å². The van der Waals surface area contributed by atoms with E-state index in [0.717, 1.165) is 0 Å². The number of amides is 1. The SMILES string of the molecule is NC(=O)[C@@H](N)c1cccnc1. The lowest BCUT2D eigenvalue weighted by Crippen LogP contribution is -2.28. The minimum Gasteiger partial charge on any atom is -0.368 e. The number of nitrogens with two attached hydrogens (primary N) is 2. The lowest BCUT2D eigenvalue weighted by molar-refractivity contribution is -0.119. The quantitative estimate of drug-likeness (QED) is 0.601. The topological polar surface area (TPSA) is 82.0 Å². The zero-order valence-corrected chi connectivity index (χ0v) is 5.90. The van der Waals surface area contributed by atoms with Crippen molar-refractivity contribution in [1.82, 2.24) is 4.98 Å². The third-order valence-corrected chi connectivity index (χ3v) is 1.35. The van der Waals surface area contributed by atoms with Crippen LogP contribution in [0.1, 0.15) is 11.6 Å². The zero-order valence-electron chi connectivity index (χ0n) is 5.90. The van der Waals surface area contributed by atoms with Crippen LogP contribution in [0.3, 0.4) is 0 Å². The number of primary amides is 1. The van der Waals surface area contributed by atoms with E-state index in [4.69, 9.17) is 11.5 Å². The third kappa shape index (κ3) is 1.75. The first-order valence-corrected chi connectivity index (χ1v) is 3.16. The average molecular weight is 151 g/mol. The molecule has 0 aliphatic heterocycles. The van der Waals surface area contributed by atoms with Crippen molar-refractivity contribution in [2.45, 2.75) is 6.04 Å². The van der Waals surface area contributed by atoms with E-state index in [1.165, 1.54) is 6.20 Å². The van der Waals surface area contributed by atoms with Gasteiger partial charge in [0.05, 0.1) is 0 Å². The highest BCUT2D eigenvalue weighted by molar-refractivity contribution is 5.80. The molecule has 4 N–H and O–H groups in total. The van der Waals surface area contributed by atoms with Crippen molar-refractivity contribution in [3.63, 3.8) is 0 Å². The summed E-state index contributed by atoms with van der Waals surface area (Å²) in [6, 6.07) is 2.67. The molecule has 0 aromatic carbocycles. The molecule has 0 aliphatic carbocycles. The molecule has 4 nitrogen and oxygen atoms in total. The summed E-state index contributed by atoms with van der Waals surface area (Å²) in [6.45, 7) is 0. The predicted octanol–water partition coefficient (Wildman–Crippen LogP) is -0.433. The van der Waals surface area contributed by atoms with Crippen molar-refractivity contribution in [3.05, 3.63) is 30.1 Å². The summed E-state index contributed by atoms with van der Waals surface area (Å²) in [5.74, 6) is -0.544. The van der Waals surface area contributed by atoms with E-state index < -0.39 is 11.9 Å². The highest BCUT2D eigenvalue weighted by Crippen LogP contribution is 2.05. The number of nitrogens with zero attached hydrogens (tertiary/aromatic N) is 1. The Labute approximate surface area is 64.2 Å². The third-order valence-electron chi connectivity index (χ3n) is 1.35. The second kappa shape index (κ2) is 3.12. The van der Waals surface area contributed by atoms with Crippen LogP contribution in [0.25, 0.3) is 0 Å². The average Bonchev–Trinajstić information content (AvgIpc) is 2.05. The van der Waals surface area contributed by atoms with Crippen molar-refractivity contribution in [1.29, 1.82) is 0 Å². The van der Waals surface area contributed by atoms with Crippen LogP contribution in [0, 0.1) is 0 Å². The first kappa shape index (κ1) is 7.68. The Bertz CT molecular complexity index is 247. The molecule has 0 saturated carbocycles. The molecule has 58 valence electrons. The fourth-order valence-corrected chi connectivity index (χ4v) is 0.724. The van der Waals surface area contributed by atoms with Gasteiger partial charge in [-0.15, -0.1) is 0 Å². The highest BCUT2D eigenvalue weighted by atomic mass is 16.1. The molecule has 1 aromatic heterocycles. The number of carbonyl (C=O) groups excluding carboxylic acids is 1. The van der Waals surface area contributed by atoms with E-state index >= 15 is 0 Å². The molecule has 1 aromatic rings. The standard InChI is InChI=1S/C7H9N3O/c8-6(7(9)11)5-2-1-3-10-4-5/h1-4,6H,8H2,(H2,9,11)/t6-/m0/s1. The van der Waals surface area contributed by atoms with E-state index in [1.807, 2.05) is 0 Å². The van der Waals surface area contributed by atoms with Gasteiger partial charge in [0.1, 0.15) is 6.04 Å². The maximum atomic E-state index is 10.6. The second-order valence-electron chi connectivity index (χ2n) is 2.17. The second-order valence-corrected chi connectivity index (χ2v) is 2.17. The van der Waals surface area contributed by atoms with Crippen LogP contribution in [0.2, 0.25) is 0 Å². The van der Waals surface area contributed by atoms with E-state index in [1.54, 1.807) is 18.3 Å². The van der Waals surface area contributed by atoms with Crippen LogP contribution in [0.15, 0.2) is 24.5 Å². The van der Waals surface area contributed by atoms with E-state index in [9.17, 15) is 4.79 Å². The Balaban J connectivity index is 2.85. The highest BCUT2D eigenvalue weighted by Gasteiger charge is 2.10. The first-order chi connectivity index (χ1) is 5.22. The van der Waals surface area contributed by atoms with Gasteiger partial charge < -0.3 is 11.5 Å². The van der Waals surface area contributed by atoms with Crippen LogP contribution >= 0.6 is 0 Å². The number of pyridine rings is 1. The first-order valence-electron chi connectivity index (χ1n) is 3.16. The maximum absolute atomic E-state index is 10.6. The van der Waals surface area contributed by atoms with Gasteiger partial charge in [-0.1, -0.05) is 6.07 Å². The van der Waals surface area contributed by atoms with Gasteiger partial charge in [-0.25, -0.2) is 0 Å². The summed E-state index contributed by atoms with van der Waals surface area (Å²) < 4.78 is 0. The number of aromatic nitrogens is 1. The predicted molar refractivity (Wildman–Crippen MR) is 40.4 cm³/mol. The Kier molecular flexibility index (Phi) is 2.18. The number of carbonyl (C=O) groups is 1. The summed E-state index contributed by atoms with van der Waals surface area (Å²) >= 11 is 0. The molecule has 4 heteroatoms. The fourth-order valence-electron chi connectivity index (χ4n) is 0.724. The van der Waals surface area contributed by atoms with Gasteiger partial charge >= 0.3 is 0 Å². The lowest BCUT2D eigenvalue weighted by Gasteiger charge is -2.04. The van der Waals surface area contributed by atoms with Gasteiger partial charge in [0.2, 0.25) is 5.91 Å². The van der Waals surface area contributed by atoms with Gasteiger partial charge in [0.15, 0.2) is 0 Å². The summed E-state index contributed by atoms with van der Waals surface area (Å²) in [5.41, 5.74) is 11.0. The van der Waals surface area contributed by atoms with Gasteiger partial charge in [0, 0.05) is 12.4 Å². The van der Waals surface area contributed by atoms with Gasteiger partial charge in [-0.3, -0.25) is 9.78 Å². The van der Waals surface area contributed by atoms with E-state index in [2.05, 4.69) is 4.98 Å². The molecular weight excluding hydrogens is 142 g/mol. The minimum atomic E-state index is -0.747. The molecule has 0 unspecified atom stereocenters. The largest absolute Gasteiger partial charge is 0.368 e. The molecule has 1 heterocycles. The summed E-state index contributed by atoms with van der Waals surface area (Å²) in [5, 5.41) is 0.